The second kappa shape index (κ2) is 33.8. The summed E-state index contributed by atoms with van der Waals surface area (Å²) < 4.78 is 28.9. The number of benzene rings is 4. The third kappa shape index (κ3) is 16.7. The summed E-state index contributed by atoms with van der Waals surface area (Å²) in [5, 5.41) is 39.0. The molecule has 4 aromatic carbocycles. The quantitative estimate of drug-likeness (QED) is 0.0445. The first kappa shape index (κ1) is 84.1. The molecule has 4 saturated carbocycles. The van der Waals surface area contributed by atoms with Crippen molar-refractivity contribution in [3.63, 3.8) is 0 Å². The molecule has 0 bridgehead atoms. The normalized spacial score (nSPS) is 19.0. The van der Waals surface area contributed by atoms with Gasteiger partial charge in [0.1, 0.15) is 70.3 Å². The van der Waals surface area contributed by atoms with Gasteiger partial charge in [0.05, 0.1) is 40.2 Å². The molecular formula is C98H88N24O6S2. The lowest BCUT2D eigenvalue weighted by molar-refractivity contribution is -0.119. The van der Waals surface area contributed by atoms with E-state index in [0.29, 0.717) is 82.4 Å². The van der Waals surface area contributed by atoms with Gasteiger partial charge in [0.25, 0.3) is 0 Å². The zero-order chi connectivity index (χ0) is 90.2. The molecular weight excluding hydrogens is 1670 g/mol. The Labute approximate surface area is 752 Å². The van der Waals surface area contributed by atoms with Crippen molar-refractivity contribution in [1.82, 2.24) is 58.5 Å². The second-order valence-corrected chi connectivity index (χ2v) is 37.4. The van der Waals surface area contributed by atoms with Crippen molar-refractivity contribution in [2.75, 3.05) is 99.5 Å². The number of aromatic nitrogens is 11. The minimum absolute atomic E-state index is 0.00537. The van der Waals surface area contributed by atoms with Crippen LogP contribution in [0.2, 0.25) is 0 Å². The maximum absolute atomic E-state index is 13.0. The number of nitrogens with one attached hydrogen (secondary N) is 4. The number of carbonyl (C=O) groups is 4. The van der Waals surface area contributed by atoms with E-state index in [9.17, 15) is 38.1 Å². The molecule has 7 fully saturated rings. The molecule has 32 heteroatoms. The van der Waals surface area contributed by atoms with Gasteiger partial charge in [-0.05, 0) is 198 Å². The van der Waals surface area contributed by atoms with E-state index in [1.54, 1.807) is 67.5 Å². The van der Waals surface area contributed by atoms with Gasteiger partial charge in [-0.25, -0.2) is 66.9 Å². The Balaban J connectivity index is 0.000000113. The molecule has 30 nitrogen and oxygen atoms in total. The third-order valence-corrected chi connectivity index (χ3v) is 27.9. The number of rotatable bonds is 16. The molecule has 130 heavy (non-hydrogen) atoms. The van der Waals surface area contributed by atoms with Crippen LogP contribution < -0.4 is 54.0 Å². The molecule has 648 valence electrons. The largest absolute Gasteiger partial charge is 0.383 e. The summed E-state index contributed by atoms with van der Waals surface area (Å²) >= 11 is 1.42. The number of sulfonamides is 1. The molecule has 14 heterocycles. The molecule has 3 unspecified atom stereocenters. The van der Waals surface area contributed by atoms with Gasteiger partial charge < -0.3 is 54.0 Å². The first-order valence-electron chi connectivity index (χ1n) is 42.5. The molecule has 12 N–H and O–H groups in total. The highest BCUT2D eigenvalue weighted by molar-refractivity contribution is 7.88. The highest BCUT2D eigenvalue weighted by Crippen LogP contribution is 2.61. The topological polar surface area (TPSA) is 454 Å². The standard InChI is InChI=1S/2C27H23N7O.C22H23N5O3S.C22H19N5OS/c2*1-16-5-2-3-7-19(16)22-9-18-10-23(31-13-20(18)24(29)32-22)33-26(35)21-11-27(21)14-34(15-27)25-17(12-28)6-4-8-30-25;1-12-5-3-4-6-14(12)18-7-13-8-19(24-9-15(13)21(23)25-18)26-22(28)20-16-10-27(11-17(16)20)31(2,29)30;1-12-4-2-3-5-15(12)19-6-13-7-20(24-10-18(13)21(23)26-19)27-22(28)17-8-16(17)14-9-25-29-11-14/h2*2-10,13,21H,11,14-15H2,1H3,(H2,29,32)(H,31,33,35);3-9,16-17,20H,10-11H2,1-2H3,(H2,23,25)(H,24,26,28);2-7,9-11,16-17H,8H2,1H3,(H2,23,26)(H,24,27,28)/t;;16-,17+,20?;16-,17+/m...0/s1. The highest BCUT2D eigenvalue weighted by atomic mass is 32.2. The Bertz CT molecular complexity index is 7090. The number of anilines is 10. The predicted octanol–water partition coefficient (Wildman–Crippen LogP) is 14.5. The Morgan fingerprint density at radius 2 is 0.785 bits per heavy atom. The molecule has 7 atom stereocenters. The van der Waals surface area contributed by atoms with Gasteiger partial charge in [0.2, 0.25) is 33.7 Å². The molecule has 4 amide bonds. The van der Waals surface area contributed by atoms with Gasteiger partial charge in [-0.3, -0.25) is 19.2 Å². The van der Waals surface area contributed by atoms with Crippen molar-refractivity contribution in [3.8, 4) is 57.2 Å². The zero-order valence-corrected chi connectivity index (χ0v) is 73.1. The van der Waals surface area contributed by atoms with Crippen LogP contribution in [0.15, 0.2) is 219 Å². The average molecular weight is 1760 g/mol. The predicted molar refractivity (Wildman–Crippen MR) is 504 cm³/mol. The van der Waals surface area contributed by atoms with Crippen LogP contribution in [0.3, 0.4) is 0 Å². The monoisotopic (exact) mass is 1760 g/mol. The fourth-order valence-electron chi connectivity index (χ4n) is 18.5. The van der Waals surface area contributed by atoms with Crippen LogP contribution in [0.1, 0.15) is 64.1 Å². The van der Waals surface area contributed by atoms with Crippen LogP contribution in [0.5, 0.6) is 0 Å². The Hall–Kier alpha value is -15.4. The molecule has 22 rings (SSSR count). The first-order valence-corrected chi connectivity index (χ1v) is 45.2. The fourth-order valence-corrected chi connectivity index (χ4v) is 20.0. The van der Waals surface area contributed by atoms with Crippen LogP contribution in [-0.2, 0) is 29.2 Å². The van der Waals surface area contributed by atoms with Gasteiger partial charge in [-0.2, -0.15) is 10.5 Å². The van der Waals surface area contributed by atoms with Crippen LogP contribution in [0, 0.1) is 96.7 Å². The van der Waals surface area contributed by atoms with Crippen LogP contribution in [0.4, 0.5) is 58.2 Å². The number of aryl methyl sites for hydroxylation is 4. The zero-order valence-electron chi connectivity index (χ0n) is 71.4. The molecule has 4 aliphatic carbocycles. The number of carbonyl (C=O) groups excluding carboxylic acids is 4. The molecule has 3 saturated heterocycles. The van der Waals surface area contributed by atoms with E-state index < -0.39 is 10.0 Å². The second-order valence-electron chi connectivity index (χ2n) is 34.7. The summed E-state index contributed by atoms with van der Waals surface area (Å²) in [5.74, 6) is 4.92. The van der Waals surface area contributed by atoms with Gasteiger partial charge in [-0.15, -0.1) is 0 Å². The molecule has 7 aliphatic rings. The highest BCUT2D eigenvalue weighted by Gasteiger charge is 2.66. The minimum Gasteiger partial charge on any atom is -0.383 e. The number of hydrogen-bond acceptors (Lipinski definition) is 26. The van der Waals surface area contributed by atoms with E-state index in [2.05, 4.69) is 97.4 Å². The summed E-state index contributed by atoms with van der Waals surface area (Å²) in [4.78, 5) is 99.9. The lowest BCUT2D eigenvalue weighted by Gasteiger charge is -2.42. The number of pyridine rings is 10. The number of nitrogens with zero attached hydrogens (tertiary/aromatic N) is 16. The van der Waals surface area contributed by atoms with Crippen LogP contribution >= 0.6 is 11.5 Å². The fraction of sp³-hybridized carbons (Fsp3) is 0.235. The summed E-state index contributed by atoms with van der Waals surface area (Å²) in [6.45, 7) is 11.9. The van der Waals surface area contributed by atoms with E-state index in [1.807, 2.05) is 179 Å². The van der Waals surface area contributed by atoms with Crippen molar-refractivity contribution in [2.45, 2.75) is 52.9 Å². The minimum atomic E-state index is -3.20. The van der Waals surface area contributed by atoms with Gasteiger partial charge in [-0.1, -0.05) is 97.1 Å². The number of nitrogens with two attached hydrogens (primary N) is 4. The van der Waals surface area contributed by atoms with E-state index in [-0.39, 0.29) is 75.9 Å². The van der Waals surface area contributed by atoms with Gasteiger partial charge >= 0.3 is 0 Å². The van der Waals surface area contributed by atoms with E-state index in [0.717, 1.165) is 161 Å². The SMILES string of the molecule is Cc1ccccc1-c1cc2cc(NC(=O)C3CC34CN(c3ncccc3C#N)C4)ncc2c(N)n1.Cc1ccccc1-c1cc2cc(NC(=O)C3CC34CN(c3ncccc3C#N)C4)ncc2c(N)n1.Cc1ccccc1-c1cc2cc(NC(=O)C3[C@H]4CN(S(C)(=O)=O)C[C@@H]34)ncc2c(N)n1.Cc1ccccc1-c1cc2cc(NC(=O)[C@@H]3C[C@H]3c3cnsc3)ncc2c(N)n1. The number of fused-ring (bicyclic) bond motifs is 5. The summed E-state index contributed by atoms with van der Waals surface area (Å²) in [5.41, 5.74) is 38.7. The maximum Gasteiger partial charge on any atom is 0.229 e. The molecule has 0 radical (unpaired) electrons. The number of amides is 4. The van der Waals surface area contributed by atoms with E-state index in [4.69, 9.17) is 22.9 Å². The molecule has 2 spiro atoms. The molecule has 11 aromatic heterocycles. The number of hydrogen-bond donors (Lipinski definition) is 8. The van der Waals surface area contributed by atoms with Crippen molar-refractivity contribution in [1.29, 1.82) is 10.5 Å². The van der Waals surface area contributed by atoms with Crippen LogP contribution in [0.25, 0.3) is 88.1 Å². The van der Waals surface area contributed by atoms with Crippen molar-refractivity contribution < 1.29 is 27.6 Å². The van der Waals surface area contributed by atoms with Crippen molar-refractivity contribution >= 4 is 146 Å². The summed E-state index contributed by atoms with van der Waals surface area (Å²) in [6, 6.07) is 58.7. The van der Waals surface area contributed by atoms with Gasteiger partial charge in [0.15, 0.2) is 0 Å². The Morgan fingerprint density at radius 3 is 1.11 bits per heavy atom. The first-order chi connectivity index (χ1) is 62.8. The summed E-state index contributed by atoms with van der Waals surface area (Å²) in [7, 11) is -3.20. The lowest BCUT2D eigenvalue weighted by Crippen LogP contribution is -2.51. The van der Waals surface area contributed by atoms with E-state index in [1.165, 1.54) is 22.1 Å². The number of nitrogen functional groups attached to an aromatic ring is 4. The van der Waals surface area contributed by atoms with Crippen molar-refractivity contribution in [3.05, 3.63) is 258 Å². The average Bonchev–Trinajstić information content (AvgIpc) is 1.45. The number of piperidine rings is 1. The Morgan fingerprint density at radius 1 is 0.446 bits per heavy atom. The van der Waals surface area contributed by atoms with Crippen molar-refractivity contribution in [2.24, 2.45) is 46.3 Å². The molecule has 3 aliphatic heterocycles. The Kier molecular flexibility index (Phi) is 21.8. The number of nitriles is 2. The molecule has 15 aromatic rings. The van der Waals surface area contributed by atoms with Gasteiger partial charge in [0, 0.05) is 166 Å². The van der Waals surface area contributed by atoms with Crippen LogP contribution in [-0.4, -0.2) is 136 Å². The summed E-state index contributed by atoms with van der Waals surface area (Å²) in [6.07, 6.45) is 15.5. The third-order valence-electron chi connectivity index (χ3n) is 26.1. The maximum atomic E-state index is 13.0. The van der Waals surface area contributed by atoms with E-state index >= 15 is 0 Å². The smallest absolute Gasteiger partial charge is 0.229 e. The lowest BCUT2D eigenvalue weighted by atomic mass is 9.92.